The molecule has 7 heteroatoms. The average Bonchev–Trinajstić information content (AvgIpc) is 2.53. The summed E-state index contributed by atoms with van der Waals surface area (Å²) in [7, 11) is 0. The molecule has 0 aliphatic rings. The number of carbonyl (C=O) groups excluding carboxylic acids is 1. The zero-order valence-corrected chi connectivity index (χ0v) is 12.0. The quantitative estimate of drug-likeness (QED) is 0.436. The van der Waals surface area contributed by atoms with Gasteiger partial charge in [-0.3, -0.25) is 4.98 Å². The van der Waals surface area contributed by atoms with Crippen molar-refractivity contribution in [3.63, 3.8) is 0 Å². The second-order valence-corrected chi connectivity index (χ2v) is 4.00. The van der Waals surface area contributed by atoms with E-state index in [4.69, 9.17) is 24.7 Å². The summed E-state index contributed by atoms with van der Waals surface area (Å²) in [5, 5.41) is 0. The van der Waals surface area contributed by atoms with E-state index in [9.17, 15) is 4.79 Å². The van der Waals surface area contributed by atoms with Gasteiger partial charge < -0.3 is 24.7 Å². The van der Waals surface area contributed by atoms with Crippen molar-refractivity contribution >= 4 is 5.97 Å². The third-order valence-electron chi connectivity index (χ3n) is 2.36. The van der Waals surface area contributed by atoms with Gasteiger partial charge in [0.2, 0.25) is 0 Å². The van der Waals surface area contributed by atoms with Gasteiger partial charge in [-0.2, -0.15) is 0 Å². The number of aromatic nitrogens is 1. The summed E-state index contributed by atoms with van der Waals surface area (Å²) in [6, 6.07) is 3.33. The van der Waals surface area contributed by atoms with Gasteiger partial charge in [-0.25, -0.2) is 4.79 Å². The molecule has 0 saturated heterocycles. The lowest BCUT2D eigenvalue weighted by Gasteiger charge is -2.07. The normalized spacial score (nSPS) is 10.5. The van der Waals surface area contributed by atoms with E-state index in [1.807, 2.05) is 0 Å². The highest BCUT2D eigenvalue weighted by Crippen LogP contribution is 1.98. The second-order valence-electron chi connectivity index (χ2n) is 4.00. The third-order valence-corrected chi connectivity index (χ3v) is 2.36. The van der Waals surface area contributed by atoms with E-state index >= 15 is 0 Å². The molecule has 0 aliphatic carbocycles. The Morgan fingerprint density at radius 2 is 1.62 bits per heavy atom. The van der Waals surface area contributed by atoms with Gasteiger partial charge in [0.15, 0.2) is 0 Å². The van der Waals surface area contributed by atoms with Crippen LogP contribution in [0.15, 0.2) is 24.5 Å². The number of carbonyl (C=O) groups is 1. The number of pyridine rings is 1. The van der Waals surface area contributed by atoms with Crippen molar-refractivity contribution < 1.29 is 23.7 Å². The molecule has 1 aromatic heterocycles. The lowest BCUT2D eigenvalue weighted by Crippen LogP contribution is -2.15. The lowest BCUT2D eigenvalue weighted by atomic mass is 10.3. The predicted molar refractivity (Wildman–Crippen MR) is 76.0 cm³/mol. The SMILES string of the molecule is NCCOCCOCCOCCOC(=O)c1cccnc1. The van der Waals surface area contributed by atoms with E-state index in [1.165, 1.54) is 6.20 Å². The highest BCUT2D eigenvalue weighted by molar-refractivity contribution is 5.88. The van der Waals surface area contributed by atoms with E-state index in [2.05, 4.69) is 4.98 Å². The molecule has 2 N–H and O–H groups in total. The Kier molecular flexibility index (Phi) is 10.2. The topological polar surface area (TPSA) is 92.9 Å². The molecule has 0 aromatic carbocycles. The average molecular weight is 298 g/mol. The van der Waals surface area contributed by atoms with Gasteiger partial charge in [0.1, 0.15) is 6.61 Å². The van der Waals surface area contributed by atoms with E-state index in [-0.39, 0.29) is 6.61 Å². The maximum atomic E-state index is 11.5. The van der Waals surface area contributed by atoms with Crippen LogP contribution in [0.3, 0.4) is 0 Å². The van der Waals surface area contributed by atoms with Crippen LogP contribution in [0.1, 0.15) is 10.4 Å². The Morgan fingerprint density at radius 1 is 1.00 bits per heavy atom. The van der Waals surface area contributed by atoms with Crippen LogP contribution in [0.4, 0.5) is 0 Å². The zero-order valence-electron chi connectivity index (χ0n) is 12.0. The second kappa shape index (κ2) is 12.2. The van der Waals surface area contributed by atoms with Crippen LogP contribution in [0.5, 0.6) is 0 Å². The summed E-state index contributed by atoms with van der Waals surface area (Å²) in [5.74, 6) is -0.403. The van der Waals surface area contributed by atoms with Gasteiger partial charge in [-0.1, -0.05) is 0 Å². The van der Waals surface area contributed by atoms with Gasteiger partial charge >= 0.3 is 5.97 Å². The smallest absolute Gasteiger partial charge is 0.339 e. The maximum absolute atomic E-state index is 11.5. The van der Waals surface area contributed by atoms with Crippen LogP contribution < -0.4 is 5.73 Å². The fourth-order valence-corrected chi connectivity index (χ4v) is 1.39. The minimum absolute atomic E-state index is 0.202. The lowest BCUT2D eigenvalue weighted by molar-refractivity contribution is 0.00131. The maximum Gasteiger partial charge on any atom is 0.339 e. The standard InChI is InChI=1S/C14H22N2O5/c15-3-5-18-6-7-19-8-9-20-10-11-21-14(17)13-2-1-4-16-12-13/h1-2,4,12H,3,5-11,15H2. The largest absolute Gasteiger partial charge is 0.460 e. The molecule has 7 nitrogen and oxygen atoms in total. The Labute approximate surface area is 124 Å². The van der Waals surface area contributed by atoms with Crippen LogP contribution in [-0.2, 0) is 18.9 Å². The van der Waals surface area contributed by atoms with Crippen LogP contribution >= 0.6 is 0 Å². The van der Waals surface area contributed by atoms with E-state index in [0.717, 1.165) is 0 Å². The Bertz CT molecular complexity index is 375. The van der Waals surface area contributed by atoms with E-state index in [0.29, 0.717) is 51.7 Å². The van der Waals surface area contributed by atoms with Gasteiger partial charge in [0.05, 0.1) is 45.2 Å². The summed E-state index contributed by atoms with van der Waals surface area (Å²) in [4.78, 5) is 15.4. The highest BCUT2D eigenvalue weighted by atomic mass is 16.6. The molecular weight excluding hydrogens is 276 g/mol. The molecule has 0 aliphatic heterocycles. The molecule has 1 rings (SSSR count). The third kappa shape index (κ3) is 9.09. The Balaban J connectivity index is 1.88. The van der Waals surface area contributed by atoms with E-state index < -0.39 is 5.97 Å². The number of nitrogens with two attached hydrogens (primary N) is 1. The number of hydrogen-bond donors (Lipinski definition) is 1. The number of hydrogen-bond acceptors (Lipinski definition) is 7. The first-order valence-corrected chi connectivity index (χ1v) is 6.85. The Morgan fingerprint density at radius 3 is 2.19 bits per heavy atom. The fourth-order valence-electron chi connectivity index (χ4n) is 1.39. The molecule has 0 atom stereocenters. The number of esters is 1. The van der Waals surface area contributed by atoms with Crippen molar-refractivity contribution in [2.24, 2.45) is 5.73 Å². The molecule has 0 amide bonds. The minimum Gasteiger partial charge on any atom is -0.460 e. The van der Waals surface area contributed by atoms with Crippen LogP contribution in [-0.4, -0.2) is 63.7 Å². The summed E-state index contributed by atoms with van der Waals surface area (Å²) < 4.78 is 20.7. The van der Waals surface area contributed by atoms with Crippen molar-refractivity contribution in [3.05, 3.63) is 30.1 Å². The molecule has 0 fully saturated rings. The molecule has 1 aromatic rings. The molecule has 1 heterocycles. The van der Waals surface area contributed by atoms with Gasteiger partial charge in [-0.05, 0) is 12.1 Å². The molecule has 0 saturated carbocycles. The molecule has 0 radical (unpaired) electrons. The highest BCUT2D eigenvalue weighted by Gasteiger charge is 2.05. The van der Waals surface area contributed by atoms with Crippen LogP contribution in [0, 0.1) is 0 Å². The molecular formula is C14H22N2O5. The minimum atomic E-state index is -0.403. The number of rotatable bonds is 12. The van der Waals surface area contributed by atoms with E-state index in [1.54, 1.807) is 18.3 Å². The number of ether oxygens (including phenoxy) is 4. The van der Waals surface area contributed by atoms with Crippen molar-refractivity contribution in [3.8, 4) is 0 Å². The monoisotopic (exact) mass is 298 g/mol. The van der Waals surface area contributed by atoms with Crippen molar-refractivity contribution in [2.75, 3.05) is 52.8 Å². The first kappa shape index (κ1) is 17.5. The van der Waals surface area contributed by atoms with Crippen molar-refractivity contribution in [1.82, 2.24) is 4.98 Å². The van der Waals surface area contributed by atoms with Gasteiger partial charge in [-0.15, -0.1) is 0 Å². The summed E-state index contributed by atoms with van der Waals surface area (Å²) in [6.07, 6.45) is 3.06. The van der Waals surface area contributed by atoms with Crippen molar-refractivity contribution in [1.29, 1.82) is 0 Å². The van der Waals surface area contributed by atoms with Crippen LogP contribution in [0.2, 0.25) is 0 Å². The summed E-state index contributed by atoms with van der Waals surface area (Å²) in [6.45, 7) is 3.55. The molecule has 118 valence electrons. The molecule has 0 spiro atoms. The molecule has 0 bridgehead atoms. The first-order valence-electron chi connectivity index (χ1n) is 6.85. The fraction of sp³-hybridized carbons (Fsp3) is 0.571. The summed E-state index contributed by atoms with van der Waals surface area (Å²) in [5.41, 5.74) is 5.70. The van der Waals surface area contributed by atoms with Crippen molar-refractivity contribution in [2.45, 2.75) is 0 Å². The zero-order chi connectivity index (χ0) is 15.2. The number of nitrogens with zero attached hydrogens (tertiary/aromatic N) is 1. The first-order chi connectivity index (χ1) is 10.3. The Hall–Kier alpha value is -1.54. The molecule has 21 heavy (non-hydrogen) atoms. The summed E-state index contributed by atoms with van der Waals surface area (Å²) >= 11 is 0. The van der Waals surface area contributed by atoms with Crippen LogP contribution in [0.25, 0.3) is 0 Å². The molecule has 0 unspecified atom stereocenters. The predicted octanol–water partition coefficient (Wildman–Crippen LogP) is 0.247. The van der Waals surface area contributed by atoms with Gasteiger partial charge in [0, 0.05) is 18.9 Å². The van der Waals surface area contributed by atoms with Gasteiger partial charge in [0.25, 0.3) is 0 Å².